The lowest BCUT2D eigenvalue weighted by Gasteiger charge is -2.39. The highest BCUT2D eigenvalue weighted by molar-refractivity contribution is 5.84. The summed E-state index contributed by atoms with van der Waals surface area (Å²) in [5, 5.41) is 3.17. The van der Waals surface area contributed by atoms with Crippen LogP contribution in [0.2, 0.25) is 0 Å². The zero-order chi connectivity index (χ0) is 15.4. The highest BCUT2D eigenvalue weighted by Gasteiger charge is 2.34. The zero-order valence-electron chi connectivity index (χ0n) is 13.8. The maximum absolute atomic E-state index is 11.6. The van der Waals surface area contributed by atoms with Crippen LogP contribution in [0.4, 0.5) is 0 Å². The van der Waals surface area contributed by atoms with Crippen molar-refractivity contribution < 1.29 is 9.53 Å². The van der Waals surface area contributed by atoms with Gasteiger partial charge in [-0.25, -0.2) is 0 Å². The zero-order valence-corrected chi connectivity index (χ0v) is 13.8. The third kappa shape index (κ3) is 5.06. The molecule has 1 fully saturated rings. The molecule has 118 valence electrons. The second-order valence-corrected chi connectivity index (χ2v) is 7.38. The summed E-state index contributed by atoms with van der Waals surface area (Å²) in [5.41, 5.74) is 5.18. The minimum atomic E-state index is -0.662. The molecule has 0 aliphatic heterocycles. The van der Waals surface area contributed by atoms with E-state index in [2.05, 4.69) is 26.1 Å². The van der Waals surface area contributed by atoms with Crippen molar-refractivity contribution in [3.8, 4) is 0 Å². The maximum atomic E-state index is 11.6. The van der Waals surface area contributed by atoms with Gasteiger partial charge in [0.05, 0.1) is 11.6 Å². The van der Waals surface area contributed by atoms with E-state index in [4.69, 9.17) is 10.5 Å². The molecule has 0 aromatic rings. The number of rotatable bonds is 7. The number of likely N-dealkylation sites (N-methyl/N-ethyl adjacent to an activating group) is 1. The van der Waals surface area contributed by atoms with Gasteiger partial charge in [0.15, 0.2) is 0 Å². The highest BCUT2D eigenvalue weighted by Crippen LogP contribution is 2.39. The van der Waals surface area contributed by atoms with Crippen LogP contribution < -0.4 is 11.1 Å². The summed E-state index contributed by atoms with van der Waals surface area (Å²) < 4.78 is 6.03. The second-order valence-electron chi connectivity index (χ2n) is 7.38. The molecule has 0 aromatic carbocycles. The molecule has 3 atom stereocenters. The van der Waals surface area contributed by atoms with Crippen LogP contribution in [0.5, 0.6) is 0 Å². The van der Waals surface area contributed by atoms with E-state index in [9.17, 15) is 4.79 Å². The first-order valence-corrected chi connectivity index (χ1v) is 7.85. The van der Waals surface area contributed by atoms with E-state index in [1.807, 2.05) is 13.8 Å². The number of amides is 1. The largest absolute Gasteiger partial charge is 0.378 e. The minimum Gasteiger partial charge on any atom is -0.378 e. The number of nitrogens with one attached hydrogen (secondary N) is 1. The Bertz CT molecular complexity index is 330. The van der Waals surface area contributed by atoms with E-state index in [-0.39, 0.29) is 5.91 Å². The number of primary amides is 1. The Morgan fingerprint density at radius 1 is 1.45 bits per heavy atom. The van der Waals surface area contributed by atoms with Crippen molar-refractivity contribution in [2.75, 3.05) is 13.2 Å². The fraction of sp³-hybridized carbons (Fsp3) is 0.938. The van der Waals surface area contributed by atoms with Gasteiger partial charge in [0.2, 0.25) is 5.91 Å². The van der Waals surface area contributed by atoms with E-state index >= 15 is 0 Å². The van der Waals surface area contributed by atoms with Gasteiger partial charge in [-0.1, -0.05) is 27.7 Å². The molecular formula is C16H32N2O2. The summed E-state index contributed by atoms with van der Waals surface area (Å²) in [6.45, 7) is 12.1. The summed E-state index contributed by atoms with van der Waals surface area (Å²) in [7, 11) is 0. The molecule has 0 bridgehead atoms. The monoisotopic (exact) mass is 284 g/mol. The van der Waals surface area contributed by atoms with Crippen LogP contribution in [-0.4, -0.2) is 30.7 Å². The number of ether oxygens (including phenoxy) is 1. The molecule has 4 heteroatoms. The Labute approximate surface area is 123 Å². The first kappa shape index (κ1) is 17.4. The smallest absolute Gasteiger partial charge is 0.237 e. The van der Waals surface area contributed by atoms with Crippen LogP contribution >= 0.6 is 0 Å². The first-order chi connectivity index (χ1) is 9.18. The standard InChI is InChI=1S/C16H32N2O2/c1-6-18-16(5,14(17)19)7-8-20-13-9-12(2)10-15(3,4)11-13/h12-13,18H,6-11H2,1-5H3,(H2,17,19). The van der Waals surface area contributed by atoms with Crippen LogP contribution in [0.1, 0.15) is 60.3 Å². The topological polar surface area (TPSA) is 64.3 Å². The van der Waals surface area contributed by atoms with Crippen LogP contribution in [0.15, 0.2) is 0 Å². The molecule has 3 N–H and O–H groups in total. The van der Waals surface area contributed by atoms with Gasteiger partial charge >= 0.3 is 0 Å². The fourth-order valence-corrected chi connectivity index (χ4v) is 3.50. The second kappa shape index (κ2) is 6.90. The molecule has 1 saturated carbocycles. The van der Waals surface area contributed by atoms with E-state index in [0.29, 0.717) is 30.5 Å². The van der Waals surface area contributed by atoms with Crippen molar-refractivity contribution >= 4 is 5.91 Å². The Morgan fingerprint density at radius 2 is 2.10 bits per heavy atom. The molecule has 1 amide bonds. The third-order valence-electron chi connectivity index (χ3n) is 4.41. The van der Waals surface area contributed by atoms with Gasteiger partial charge in [-0.3, -0.25) is 4.79 Å². The van der Waals surface area contributed by atoms with Crippen molar-refractivity contribution in [1.82, 2.24) is 5.32 Å². The molecule has 0 radical (unpaired) electrons. The summed E-state index contributed by atoms with van der Waals surface area (Å²) in [4.78, 5) is 11.6. The summed E-state index contributed by atoms with van der Waals surface area (Å²) in [6, 6.07) is 0. The molecule has 1 rings (SSSR count). The Hall–Kier alpha value is -0.610. The van der Waals surface area contributed by atoms with Gasteiger partial charge in [-0.2, -0.15) is 0 Å². The van der Waals surface area contributed by atoms with E-state index in [1.165, 1.54) is 6.42 Å². The summed E-state index contributed by atoms with van der Waals surface area (Å²) in [5.74, 6) is 0.403. The van der Waals surface area contributed by atoms with Gasteiger partial charge in [0.1, 0.15) is 0 Å². The molecule has 0 heterocycles. The van der Waals surface area contributed by atoms with Gasteiger partial charge < -0.3 is 15.8 Å². The predicted octanol–water partition coefficient (Wildman–Crippen LogP) is 2.46. The minimum absolute atomic E-state index is 0.305. The number of nitrogens with two attached hydrogens (primary N) is 1. The summed E-state index contributed by atoms with van der Waals surface area (Å²) in [6.07, 6.45) is 4.43. The van der Waals surface area contributed by atoms with Crippen LogP contribution in [0, 0.1) is 11.3 Å². The lowest BCUT2D eigenvalue weighted by atomic mass is 9.71. The quantitative estimate of drug-likeness (QED) is 0.755. The highest BCUT2D eigenvalue weighted by atomic mass is 16.5. The van der Waals surface area contributed by atoms with Crippen LogP contribution in [0.25, 0.3) is 0 Å². The Balaban J connectivity index is 2.45. The molecular weight excluding hydrogens is 252 g/mol. The fourth-order valence-electron chi connectivity index (χ4n) is 3.50. The average Bonchev–Trinajstić information content (AvgIpc) is 2.26. The molecule has 3 unspecified atom stereocenters. The van der Waals surface area contributed by atoms with Gasteiger partial charge in [-0.15, -0.1) is 0 Å². The van der Waals surface area contributed by atoms with Crippen molar-refractivity contribution in [2.45, 2.75) is 71.9 Å². The van der Waals surface area contributed by atoms with Gasteiger partial charge in [-0.05, 0) is 50.5 Å². The van der Waals surface area contributed by atoms with Crippen molar-refractivity contribution in [3.63, 3.8) is 0 Å². The van der Waals surface area contributed by atoms with Crippen molar-refractivity contribution in [1.29, 1.82) is 0 Å². The average molecular weight is 284 g/mol. The third-order valence-corrected chi connectivity index (χ3v) is 4.41. The van der Waals surface area contributed by atoms with Gasteiger partial charge in [0, 0.05) is 6.61 Å². The lowest BCUT2D eigenvalue weighted by molar-refractivity contribution is -0.125. The Morgan fingerprint density at radius 3 is 2.60 bits per heavy atom. The summed E-state index contributed by atoms with van der Waals surface area (Å²) >= 11 is 0. The Kier molecular flexibility index (Phi) is 6.02. The lowest BCUT2D eigenvalue weighted by Crippen LogP contribution is -2.53. The van der Waals surface area contributed by atoms with Crippen LogP contribution in [0.3, 0.4) is 0 Å². The number of carbonyl (C=O) groups excluding carboxylic acids is 1. The van der Waals surface area contributed by atoms with E-state index in [0.717, 1.165) is 19.4 Å². The van der Waals surface area contributed by atoms with Crippen molar-refractivity contribution in [3.05, 3.63) is 0 Å². The molecule has 0 aromatic heterocycles. The van der Waals surface area contributed by atoms with Crippen LogP contribution in [-0.2, 0) is 9.53 Å². The molecule has 1 aliphatic carbocycles. The molecule has 20 heavy (non-hydrogen) atoms. The van der Waals surface area contributed by atoms with E-state index in [1.54, 1.807) is 0 Å². The molecule has 4 nitrogen and oxygen atoms in total. The number of hydrogen-bond donors (Lipinski definition) is 2. The SMILES string of the molecule is CCNC(C)(CCOC1CC(C)CC(C)(C)C1)C(N)=O. The maximum Gasteiger partial charge on any atom is 0.237 e. The number of hydrogen-bond acceptors (Lipinski definition) is 3. The number of carbonyl (C=O) groups is 1. The molecule has 0 spiro atoms. The normalized spacial score (nSPS) is 28.9. The van der Waals surface area contributed by atoms with Gasteiger partial charge in [0.25, 0.3) is 0 Å². The van der Waals surface area contributed by atoms with E-state index < -0.39 is 5.54 Å². The first-order valence-electron chi connectivity index (χ1n) is 7.85. The predicted molar refractivity (Wildman–Crippen MR) is 82.4 cm³/mol. The molecule has 0 saturated heterocycles. The molecule has 1 aliphatic rings. The van der Waals surface area contributed by atoms with Crippen molar-refractivity contribution in [2.24, 2.45) is 17.1 Å².